The van der Waals surface area contributed by atoms with Crippen molar-refractivity contribution < 1.29 is 4.79 Å². The van der Waals surface area contributed by atoms with Gasteiger partial charge in [-0.3, -0.25) is 9.48 Å². The quantitative estimate of drug-likeness (QED) is 0.872. The first-order valence-corrected chi connectivity index (χ1v) is 7.51. The molecule has 0 aromatic carbocycles. The summed E-state index contributed by atoms with van der Waals surface area (Å²) in [7, 11) is 0. The van der Waals surface area contributed by atoms with Crippen LogP contribution in [0, 0.1) is 6.92 Å². The van der Waals surface area contributed by atoms with Gasteiger partial charge in [0.05, 0.1) is 5.69 Å². The fourth-order valence-electron chi connectivity index (χ4n) is 2.43. The summed E-state index contributed by atoms with van der Waals surface area (Å²) < 4.78 is 1.76. The van der Waals surface area contributed by atoms with E-state index in [0.717, 1.165) is 37.9 Å². The van der Waals surface area contributed by atoms with Gasteiger partial charge in [-0.25, -0.2) is 0 Å². The minimum atomic E-state index is 0.00970. The van der Waals surface area contributed by atoms with Crippen LogP contribution in [-0.2, 0) is 6.54 Å². The van der Waals surface area contributed by atoms with Gasteiger partial charge in [-0.2, -0.15) is 5.10 Å². The van der Waals surface area contributed by atoms with E-state index in [1.807, 2.05) is 19.9 Å². The summed E-state index contributed by atoms with van der Waals surface area (Å²) >= 11 is 3.63. The van der Waals surface area contributed by atoms with Crippen LogP contribution in [0.4, 0.5) is 0 Å². The zero-order valence-electron chi connectivity index (χ0n) is 10.9. The lowest BCUT2D eigenvalue weighted by molar-refractivity contribution is 0.0917. The van der Waals surface area contributed by atoms with Crippen molar-refractivity contribution in [2.45, 2.75) is 56.9 Å². The minimum Gasteiger partial charge on any atom is -0.348 e. The molecule has 0 aliphatic heterocycles. The van der Waals surface area contributed by atoms with Crippen LogP contribution in [-0.4, -0.2) is 26.6 Å². The minimum absolute atomic E-state index is 0.00970. The monoisotopic (exact) mass is 313 g/mol. The van der Waals surface area contributed by atoms with Crippen LogP contribution in [0.25, 0.3) is 0 Å². The van der Waals surface area contributed by atoms with E-state index in [1.165, 1.54) is 0 Å². The molecule has 1 aliphatic rings. The molecule has 1 aliphatic carbocycles. The van der Waals surface area contributed by atoms with Gasteiger partial charge < -0.3 is 5.32 Å². The maximum atomic E-state index is 12.2. The van der Waals surface area contributed by atoms with Crippen molar-refractivity contribution >= 4 is 21.8 Å². The molecule has 2 rings (SSSR count). The van der Waals surface area contributed by atoms with E-state index >= 15 is 0 Å². The number of carbonyl (C=O) groups is 1. The number of hydrogen-bond acceptors (Lipinski definition) is 2. The largest absolute Gasteiger partial charge is 0.348 e. The fraction of sp³-hybridized carbons (Fsp3) is 0.692. The molecule has 1 aromatic rings. The summed E-state index contributed by atoms with van der Waals surface area (Å²) in [4.78, 5) is 12.8. The molecule has 0 radical (unpaired) electrons. The first kappa shape index (κ1) is 13.6. The van der Waals surface area contributed by atoms with E-state index in [4.69, 9.17) is 0 Å². The molecule has 1 fully saturated rings. The summed E-state index contributed by atoms with van der Waals surface area (Å²) in [6.45, 7) is 4.64. The van der Waals surface area contributed by atoms with Gasteiger partial charge in [0.1, 0.15) is 5.69 Å². The molecule has 5 heteroatoms. The second-order valence-electron chi connectivity index (χ2n) is 4.91. The van der Waals surface area contributed by atoms with Gasteiger partial charge >= 0.3 is 0 Å². The van der Waals surface area contributed by atoms with E-state index in [1.54, 1.807) is 4.68 Å². The average Bonchev–Trinajstić information content (AvgIpc) is 2.73. The summed E-state index contributed by atoms with van der Waals surface area (Å²) in [6, 6.07) is 2.17. The molecule has 1 heterocycles. The SMILES string of the molecule is CCn1nc(C)cc1C(=O)NC1CCC(Br)CC1. The highest BCUT2D eigenvalue weighted by atomic mass is 79.9. The van der Waals surface area contributed by atoms with Crippen LogP contribution >= 0.6 is 15.9 Å². The van der Waals surface area contributed by atoms with Crippen molar-refractivity contribution in [1.29, 1.82) is 0 Å². The number of halogens is 1. The Bertz CT molecular complexity index is 422. The third-order valence-corrected chi connectivity index (χ3v) is 4.34. The van der Waals surface area contributed by atoms with E-state index in [-0.39, 0.29) is 5.91 Å². The Balaban J connectivity index is 1.99. The molecule has 4 nitrogen and oxygen atoms in total. The lowest BCUT2D eigenvalue weighted by atomic mass is 9.95. The Hall–Kier alpha value is -0.840. The molecule has 18 heavy (non-hydrogen) atoms. The maximum absolute atomic E-state index is 12.2. The smallest absolute Gasteiger partial charge is 0.269 e. The van der Waals surface area contributed by atoms with Crippen molar-refractivity contribution in [2.24, 2.45) is 0 Å². The Kier molecular flexibility index (Phi) is 4.43. The van der Waals surface area contributed by atoms with Gasteiger partial charge in [-0.15, -0.1) is 0 Å². The molecule has 1 amide bonds. The average molecular weight is 314 g/mol. The number of nitrogens with zero attached hydrogens (tertiary/aromatic N) is 2. The van der Waals surface area contributed by atoms with Gasteiger partial charge in [-0.1, -0.05) is 15.9 Å². The molecule has 0 spiro atoms. The van der Waals surface area contributed by atoms with Crippen LogP contribution in [0.3, 0.4) is 0 Å². The van der Waals surface area contributed by atoms with Gasteiger partial charge in [0.2, 0.25) is 0 Å². The topological polar surface area (TPSA) is 46.9 Å². The summed E-state index contributed by atoms with van der Waals surface area (Å²) in [5.41, 5.74) is 1.57. The highest BCUT2D eigenvalue weighted by Crippen LogP contribution is 2.24. The van der Waals surface area contributed by atoms with Gasteiger partial charge in [0, 0.05) is 17.4 Å². The number of hydrogen-bond donors (Lipinski definition) is 1. The number of aryl methyl sites for hydroxylation is 2. The molecule has 0 atom stereocenters. The predicted molar refractivity (Wildman–Crippen MR) is 75.1 cm³/mol. The summed E-state index contributed by atoms with van der Waals surface area (Å²) in [6.07, 6.45) is 4.38. The Morgan fingerprint density at radius 3 is 2.78 bits per heavy atom. The van der Waals surface area contributed by atoms with E-state index in [2.05, 4.69) is 26.3 Å². The van der Waals surface area contributed by atoms with Crippen molar-refractivity contribution in [3.8, 4) is 0 Å². The molecule has 0 unspecified atom stereocenters. The number of carbonyl (C=O) groups excluding carboxylic acids is 1. The number of amides is 1. The molecule has 1 N–H and O–H groups in total. The first-order chi connectivity index (χ1) is 8.60. The Morgan fingerprint density at radius 1 is 1.50 bits per heavy atom. The molecule has 1 saturated carbocycles. The van der Waals surface area contributed by atoms with Gasteiger partial charge in [-0.05, 0) is 45.6 Å². The zero-order valence-corrected chi connectivity index (χ0v) is 12.5. The highest BCUT2D eigenvalue weighted by molar-refractivity contribution is 9.09. The van der Waals surface area contributed by atoms with Crippen LogP contribution < -0.4 is 5.32 Å². The van der Waals surface area contributed by atoms with Crippen molar-refractivity contribution in [1.82, 2.24) is 15.1 Å². The van der Waals surface area contributed by atoms with E-state index in [0.29, 0.717) is 16.6 Å². The lowest BCUT2D eigenvalue weighted by Gasteiger charge is -2.26. The highest BCUT2D eigenvalue weighted by Gasteiger charge is 2.22. The Labute approximate surface area is 116 Å². The maximum Gasteiger partial charge on any atom is 0.269 e. The standard InChI is InChI=1S/C13H20BrN3O/c1-3-17-12(8-9(2)16-17)13(18)15-11-6-4-10(14)5-7-11/h8,10-11H,3-7H2,1-2H3,(H,15,18). The van der Waals surface area contributed by atoms with Crippen LogP contribution in [0.5, 0.6) is 0 Å². The molecular formula is C13H20BrN3O. The number of alkyl halides is 1. The number of aromatic nitrogens is 2. The Morgan fingerprint density at radius 2 is 2.17 bits per heavy atom. The van der Waals surface area contributed by atoms with Gasteiger partial charge in [0.25, 0.3) is 5.91 Å². The molecule has 0 bridgehead atoms. The second kappa shape index (κ2) is 5.87. The third-order valence-electron chi connectivity index (χ3n) is 3.43. The zero-order chi connectivity index (χ0) is 13.1. The van der Waals surface area contributed by atoms with Crippen molar-refractivity contribution in [2.75, 3.05) is 0 Å². The second-order valence-corrected chi connectivity index (χ2v) is 6.20. The molecule has 1 aromatic heterocycles. The summed E-state index contributed by atoms with van der Waals surface area (Å²) in [5, 5.41) is 7.43. The number of nitrogens with one attached hydrogen (secondary N) is 1. The first-order valence-electron chi connectivity index (χ1n) is 6.59. The lowest BCUT2D eigenvalue weighted by Crippen LogP contribution is -2.38. The van der Waals surface area contributed by atoms with E-state index < -0.39 is 0 Å². The third kappa shape index (κ3) is 3.13. The normalized spacial score (nSPS) is 23.9. The van der Waals surface area contributed by atoms with Crippen LogP contribution in [0.15, 0.2) is 6.07 Å². The van der Waals surface area contributed by atoms with E-state index in [9.17, 15) is 4.79 Å². The van der Waals surface area contributed by atoms with Crippen molar-refractivity contribution in [3.63, 3.8) is 0 Å². The van der Waals surface area contributed by atoms with Crippen LogP contribution in [0.2, 0.25) is 0 Å². The molecule has 100 valence electrons. The molecule has 0 saturated heterocycles. The fourth-order valence-corrected chi connectivity index (χ4v) is 2.95. The number of rotatable bonds is 3. The van der Waals surface area contributed by atoms with Crippen molar-refractivity contribution in [3.05, 3.63) is 17.5 Å². The predicted octanol–water partition coefficient (Wildman–Crippen LogP) is 2.65. The van der Waals surface area contributed by atoms with Gasteiger partial charge in [0.15, 0.2) is 0 Å². The molecular weight excluding hydrogens is 294 g/mol. The van der Waals surface area contributed by atoms with Crippen LogP contribution in [0.1, 0.15) is 48.8 Å². The summed E-state index contributed by atoms with van der Waals surface area (Å²) in [5.74, 6) is 0.00970.